The number of nitriles is 1. The number of phenolic OH excluding ortho intramolecular Hbond substituents is 1. The van der Waals surface area contributed by atoms with E-state index in [0.717, 1.165) is 31.6 Å². The second-order valence-electron chi connectivity index (χ2n) is 6.63. The molecular formula is C22H23N3O4. The Labute approximate surface area is 169 Å². The summed E-state index contributed by atoms with van der Waals surface area (Å²) in [6, 6.07) is 11.6. The van der Waals surface area contributed by atoms with Crippen molar-refractivity contribution in [2.75, 3.05) is 37.5 Å². The van der Waals surface area contributed by atoms with Gasteiger partial charge in [0.05, 0.1) is 19.9 Å². The number of anilines is 2. The van der Waals surface area contributed by atoms with Crippen LogP contribution in [-0.4, -0.2) is 38.3 Å². The summed E-state index contributed by atoms with van der Waals surface area (Å²) in [7, 11) is 3.15. The first kappa shape index (κ1) is 20.1. The van der Waals surface area contributed by atoms with Crippen molar-refractivity contribution in [2.45, 2.75) is 12.8 Å². The van der Waals surface area contributed by atoms with Gasteiger partial charge >= 0.3 is 0 Å². The molecule has 0 saturated carbocycles. The average Bonchev–Trinajstić information content (AvgIpc) is 3.27. The predicted molar refractivity (Wildman–Crippen MR) is 111 cm³/mol. The molecule has 1 aliphatic heterocycles. The Morgan fingerprint density at radius 3 is 2.38 bits per heavy atom. The van der Waals surface area contributed by atoms with Crippen LogP contribution in [0.2, 0.25) is 0 Å². The van der Waals surface area contributed by atoms with Crippen LogP contribution in [0.4, 0.5) is 11.4 Å². The molecule has 1 saturated heterocycles. The van der Waals surface area contributed by atoms with Gasteiger partial charge in [-0.15, -0.1) is 0 Å². The second-order valence-corrected chi connectivity index (χ2v) is 6.63. The van der Waals surface area contributed by atoms with Crippen molar-refractivity contribution in [2.24, 2.45) is 0 Å². The first-order valence-electron chi connectivity index (χ1n) is 9.29. The molecule has 2 N–H and O–H groups in total. The molecule has 150 valence electrons. The summed E-state index contributed by atoms with van der Waals surface area (Å²) in [6.07, 6.45) is 3.73. The van der Waals surface area contributed by atoms with E-state index in [0.29, 0.717) is 22.7 Å². The van der Waals surface area contributed by atoms with E-state index in [4.69, 9.17) is 9.47 Å². The number of carbonyl (C=O) groups is 1. The number of hydrogen-bond donors (Lipinski definition) is 2. The smallest absolute Gasteiger partial charge is 0.266 e. The lowest BCUT2D eigenvalue weighted by molar-refractivity contribution is -0.112. The van der Waals surface area contributed by atoms with Gasteiger partial charge in [-0.1, -0.05) is 0 Å². The van der Waals surface area contributed by atoms with Crippen molar-refractivity contribution < 1.29 is 19.4 Å². The first-order valence-corrected chi connectivity index (χ1v) is 9.29. The van der Waals surface area contributed by atoms with Crippen LogP contribution in [0, 0.1) is 11.3 Å². The maximum absolute atomic E-state index is 12.5. The first-order chi connectivity index (χ1) is 14.0. The van der Waals surface area contributed by atoms with Gasteiger partial charge in [-0.05, 0) is 49.2 Å². The number of aromatic hydroxyl groups is 1. The predicted octanol–water partition coefficient (Wildman–Crippen LogP) is 3.56. The van der Waals surface area contributed by atoms with E-state index in [2.05, 4.69) is 10.2 Å². The molecule has 0 unspecified atom stereocenters. The summed E-state index contributed by atoms with van der Waals surface area (Å²) in [4.78, 5) is 14.8. The number of ether oxygens (including phenoxy) is 2. The summed E-state index contributed by atoms with van der Waals surface area (Å²) in [5.41, 5.74) is 1.91. The average molecular weight is 393 g/mol. The highest BCUT2D eigenvalue weighted by atomic mass is 16.5. The van der Waals surface area contributed by atoms with Gasteiger partial charge < -0.3 is 24.8 Å². The topological polar surface area (TPSA) is 94.8 Å². The van der Waals surface area contributed by atoms with Crippen LogP contribution in [-0.2, 0) is 4.79 Å². The van der Waals surface area contributed by atoms with E-state index in [1.807, 2.05) is 12.1 Å². The lowest BCUT2D eigenvalue weighted by atomic mass is 10.1. The fraction of sp³-hybridized carbons (Fsp3) is 0.273. The molecule has 0 aromatic heterocycles. The number of amides is 1. The minimum atomic E-state index is -0.553. The number of phenols is 1. The van der Waals surface area contributed by atoms with Crippen LogP contribution in [0.3, 0.4) is 0 Å². The number of hydrogen-bond acceptors (Lipinski definition) is 6. The molecule has 0 atom stereocenters. The molecule has 0 bridgehead atoms. The van der Waals surface area contributed by atoms with E-state index in [9.17, 15) is 15.2 Å². The molecule has 29 heavy (non-hydrogen) atoms. The summed E-state index contributed by atoms with van der Waals surface area (Å²) in [5.74, 6) is 0.755. The molecule has 2 aromatic carbocycles. The van der Waals surface area contributed by atoms with Crippen LogP contribution in [0.25, 0.3) is 6.08 Å². The number of carbonyl (C=O) groups excluding carboxylic acids is 1. The van der Waals surface area contributed by atoms with Crippen LogP contribution in [0.1, 0.15) is 18.4 Å². The maximum Gasteiger partial charge on any atom is 0.266 e. The van der Waals surface area contributed by atoms with Gasteiger partial charge in [-0.25, -0.2) is 0 Å². The normalized spacial score (nSPS) is 13.7. The highest BCUT2D eigenvalue weighted by Crippen LogP contribution is 2.38. The van der Waals surface area contributed by atoms with Crippen molar-refractivity contribution in [1.82, 2.24) is 0 Å². The second kappa shape index (κ2) is 9.02. The molecule has 0 aliphatic carbocycles. The summed E-state index contributed by atoms with van der Waals surface area (Å²) in [5, 5.41) is 21.5. The van der Waals surface area contributed by atoms with Gasteiger partial charge in [0.2, 0.25) is 0 Å². The third-order valence-electron chi connectivity index (χ3n) is 4.77. The van der Waals surface area contributed by atoms with Gasteiger partial charge in [-0.2, -0.15) is 5.26 Å². The lowest BCUT2D eigenvalue weighted by Gasteiger charge is -2.22. The summed E-state index contributed by atoms with van der Waals surface area (Å²) < 4.78 is 11.1. The Balaban J connectivity index is 1.92. The summed E-state index contributed by atoms with van der Waals surface area (Å²) in [6.45, 7) is 1.90. The van der Waals surface area contributed by atoms with E-state index < -0.39 is 5.91 Å². The van der Waals surface area contributed by atoms with Crippen molar-refractivity contribution in [3.63, 3.8) is 0 Å². The quantitative estimate of drug-likeness (QED) is 0.443. The molecule has 3 rings (SSSR count). The van der Waals surface area contributed by atoms with Gasteiger partial charge in [-0.3, -0.25) is 4.79 Å². The summed E-state index contributed by atoms with van der Waals surface area (Å²) >= 11 is 0. The SMILES string of the molecule is COc1cc(N2CCCC2)c(OC)cc1C=C(C#N)C(=O)Nc1ccc(O)cc1. The van der Waals surface area contributed by atoms with E-state index >= 15 is 0 Å². The third-order valence-corrected chi connectivity index (χ3v) is 4.77. The Morgan fingerprint density at radius 1 is 1.14 bits per heavy atom. The van der Waals surface area contributed by atoms with Gasteiger partial charge in [0.25, 0.3) is 5.91 Å². The Kier molecular flexibility index (Phi) is 6.25. The highest BCUT2D eigenvalue weighted by Gasteiger charge is 2.20. The fourth-order valence-electron chi connectivity index (χ4n) is 3.27. The van der Waals surface area contributed by atoms with Crippen molar-refractivity contribution >= 4 is 23.4 Å². The van der Waals surface area contributed by atoms with E-state index in [1.54, 1.807) is 32.4 Å². The number of rotatable bonds is 6. The van der Waals surface area contributed by atoms with E-state index in [-0.39, 0.29) is 11.3 Å². The molecule has 1 amide bonds. The molecule has 1 fully saturated rings. The highest BCUT2D eigenvalue weighted by molar-refractivity contribution is 6.10. The van der Waals surface area contributed by atoms with Crippen LogP contribution < -0.4 is 19.7 Å². The number of benzene rings is 2. The molecule has 0 spiro atoms. The van der Waals surface area contributed by atoms with Gasteiger partial charge in [0, 0.05) is 30.4 Å². The van der Waals surface area contributed by atoms with Crippen molar-refractivity contribution in [3.8, 4) is 23.3 Å². The van der Waals surface area contributed by atoms with Crippen LogP contribution in [0.15, 0.2) is 42.0 Å². The van der Waals surface area contributed by atoms with E-state index in [1.165, 1.54) is 18.2 Å². The Hall–Kier alpha value is -3.66. The van der Waals surface area contributed by atoms with Gasteiger partial charge in [0.1, 0.15) is 28.9 Å². The Bertz CT molecular complexity index is 955. The number of nitrogens with zero attached hydrogens (tertiary/aromatic N) is 2. The Morgan fingerprint density at radius 2 is 1.79 bits per heavy atom. The molecule has 1 heterocycles. The molecule has 7 heteroatoms. The zero-order valence-electron chi connectivity index (χ0n) is 16.4. The molecule has 1 aliphatic rings. The lowest BCUT2D eigenvalue weighted by Crippen LogP contribution is -2.18. The third kappa shape index (κ3) is 4.61. The molecular weight excluding hydrogens is 370 g/mol. The number of nitrogens with one attached hydrogen (secondary N) is 1. The minimum absolute atomic E-state index is 0.0765. The largest absolute Gasteiger partial charge is 0.508 e. The minimum Gasteiger partial charge on any atom is -0.508 e. The maximum atomic E-state index is 12.5. The van der Waals surface area contributed by atoms with Crippen molar-refractivity contribution in [1.29, 1.82) is 5.26 Å². The zero-order valence-corrected chi connectivity index (χ0v) is 16.4. The fourth-order valence-corrected chi connectivity index (χ4v) is 3.27. The van der Waals surface area contributed by atoms with Crippen molar-refractivity contribution in [3.05, 3.63) is 47.5 Å². The standard InChI is InChI=1S/C22H23N3O4/c1-28-20-13-19(25-9-3-4-10-25)21(29-2)12-15(20)11-16(14-23)22(27)24-17-5-7-18(26)8-6-17/h5-8,11-13,26H,3-4,9-10H2,1-2H3,(H,24,27). The molecule has 0 radical (unpaired) electrons. The zero-order chi connectivity index (χ0) is 20.8. The van der Waals surface area contributed by atoms with Crippen LogP contribution >= 0.6 is 0 Å². The molecule has 7 nitrogen and oxygen atoms in total. The molecule has 2 aromatic rings. The van der Waals surface area contributed by atoms with Crippen LogP contribution in [0.5, 0.6) is 17.2 Å². The monoisotopic (exact) mass is 393 g/mol. The number of methoxy groups -OCH3 is 2. The van der Waals surface area contributed by atoms with Gasteiger partial charge in [0.15, 0.2) is 0 Å².